The van der Waals surface area contributed by atoms with Crippen molar-refractivity contribution in [2.24, 2.45) is 0 Å². The van der Waals surface area contributed by atoms with Crippen LogP contribution < -0.4 is 5.32 Å². The summed E-state index contributed by atoms with van der Waals surface area (Å²) < 4.78 is 13.7. The molecule has 0 aliphatic heterocycles. The molecule has 0 saturated heterocycles. The molecule has 0 aromatic heterocycles. The molecule has 0 aliphatic rings. The van der Waals surface area contributed by atoms with Crippen LogP contribution in [0.25, 0.3) is 0 Å². The number of carbonyl (C=O) groups excluding carboxylic acids is 1. The number of carbonyl (C=O) groups is 1. The maximum absolute atomic E-state index is 13.7. The molecule has 1 amide bonds. The summed E-state index contributed by atoms with van der Waals surface area (Å²) in [5.74, 6) is -0.611. The van der Waals surface area contributed by atoms with Crippen molar-refractivity contribution in [1.29, 1.82) is 5.26 Å². The Balaban J connectivity index is 2.24. The molecule has 2 aromatic carbocycles. The summed E-state index contributed by atoms with van der Waals surface area (Å²) in [5, 5.41) is 11.2. The van der Waals surface area contributed by atoms with E-state index in [4.69, 9.17) is 5.26 Å². The van der Waals surface area contributed by atoms with Crippen molar-refractivity contribution in [3.8, 4) is 6.07 Å². The highest BCUT2D eigenvalue weighted by atomic mass is 32.2. The predicted octanol–water partition coefficient (Wildman–Crippen LogP) is 4.00. The zero-order chi connectivity index (χ0) is 15.2. The van der Waals surface area contributed by atoms with Crippen LogP contribution in [0.4, 0.5) is 10.1 Å². The Morgan fingerprint density at radius 2 is 2.10 bits per heavy atom. The van der Waals surface area contributed by atoms with E-state index in [1.54, 1.807) is 36.4 Å². The lowest BCUT2D eigenvalue weighted by molar-refractivity contribution is 0.102. The smallest absolute Gasteiger partial charge is 0.256 e. The van der Waals surface area contributed by atoms with E-state index in [1.165, 1.54) is 17.8 Å². The van der Waals surface area contributed by atoms with Crippen LogP contribution >= 0.6 is 11.8 Å². The first-order valence-corrected chi connectivity index (χ1v) is 7.26. The monoisotopic (exact) mass is 300 g/mol. The van der Waals surface area contributed by atoms with Gasteiger partial charge in [-0.25, -0.2) is 4.39 Å². The predicted molar refractivity (Wildman–Crippen MR) is 81.9 cm³/mol. The molecule has 3 nitrogen and oxygen atoms in total. The van der Waals surface area contributed by atoms with E-state index >= 15 is 0 Å². The van der Waals surface area contributed by atoms with Crippen LogP contribution in [-0.4, -0.2) is 11.7 Å². The van der Waals surface area contributed by atoms with Gasteiger partial charge in [-0.2, -0.15) is 5.26 Å². The lowest BCUT2D eigenvalue weighted by Gasteiger charge is -2.10. The third-order valence-corrected chi connectivity index (χ3v) is 3.73. The van der Waals surface area contributed by atoms with Crippen molar-refractivity contribution in [1.82, 2.24) is 0 Å². The van der Waals surface area contributed by atoms with Crippen molar-refractivity contribution < 1.29 is 9.18 Å². The number of rotatable bonds is 4. The van der Waals surface area contributed by atoms with Crippen LogP contribution in [0.15, 0.2) is 47.4 Å². The molecular weight excluding hydrogens is 287 g/mol. The number of halogens is 1. The van der Waals surface area contributed by atoms with E-state index in [1.807, 2.05) is 13.0 Å². The molecule has 0 aliphatic carbocycles. The summed E-state index contributed by atoms with van der Waals surface area (Å²) in [4.78, 5) is 13.0. The molecule has 0 spiro atoms. The van der Waals surface area contributed by atoms with E-state index < -0.39 is 5.82 Å². The summed E-state index contributed by atoms with van der Waals surface area (Å²) in [6, 6.07) is 13.5. The largest absolute Gasteiger partial charge is 0.319 e. The van der Waals surface area contributed by atoms with Gasteiger partial charge < -0.3 is 5.32 Å². The minimum Gasteiger partial charge on any atom is -0.319 e. The Morgan fingerprint density at radius 3 is 2.86 bits per heavy atom. The van der Waals surface area contributed by atoms with Crippen molar-refractivity contribution >= 4 is 23.4 Å². The fourth-order valence-electron chi connectivity index (χ4n) is 1.81. The fourth-order valence-corrected chi connectivity index (χ4v) is 2.53. The fraction of sp³-hybridized carbons (Fsp3) is 0.125. The highest BCUT2D eigenvalue weighted by Crippen LogP contribution is 2.24. The lowest BCUT2D eigenvalue weighted by Crippen LogP contribution is -2.14. The number of nitrogens with one attached hydrogen (secondary N) is 1. The molecule has 21 heavy (non-hydrogen) atoms. The third kappa shape index (κ3) is 3.83. The highest BCUT2D eigenvalue weighted by Gasteiger charge is 2.13. The van der Waals surface area contributed by atoms with E-state index in [0.29, 0.717) is 10.5 Å². The van der Waals surface area contributed by atoms with Gasteiger partial charge in [0.25, 0.3) is 5.91 Å². The maximum atomic E-state index is 13.7. The molecule has 0 fully saturated rings. The summed E-state index contributed by atoms with van der Waals surface area (Å²) in [6.45, 7) is 1.83. The average molecular weight is 300 g/mol. The number of nitriles is 1. The van der Waals surface area contributed by atoms with Crippen LogP contribution in [0.1, 0.15) is 15.9 Å². The first-order valence-electron chi connectivity index (χ1n) is 6.28. The molecule has 0 bridgehead atoms. The molecule has 0 unspecified atom stereocenters. The number of hydrogen-bond donors (Lipinski definition) is 1. The van der Waals surface area contributed by atoms with Gasteiger partial charge in [0.05, 0.1) is 23.1 Å². The van der Waals surface area contributed by atoms with Gasteiger partial charge in [0.2, 0.25) is 0 Å². The minimum atomic E-state index is -0.476. The Labute approximate surface area is 126 Å². The molecule has 106 valence electrons. The van der Waals surface area contributed by atoms with Gasteiger partial charge in [0.1, 0.15) is 5.82 Å². The molecule has 0 atom stereocenters. The molecule has 0 saturated carbocycles. The van der Waals surface area contributed by atoms with Crippen molar-refractivity contribution in [2.75, 3.05) is 11.1 Å². The molecule has 0 heterocycles. The van der Waals surface area contributed by atoms with Gasteiger partial charge in [0.15, 0.2) is 0 Å². The van der Waals surface area contributed by atoms with E-state index in [2.05, 4.69) is 5.32 Å². The Bertz CT molecular complexity index is 710. The molecule has 1 N–H and O–H groups in total. The SMILES string of the molecule is Cc1ccc(F)c(NC(=O)c2ccccc2SCC#N)c1. The van der Waals surface area contributed by atoms with Crippen molar-refractivity contribution in [3.05, 3.63) is 59.4 Å². The number of thioether (sulfide) groups is 1. The maximum Gasteiger partial charge on any atom is 0.256 e. The normalized spacial score (nSPS) is 9.95. The number of amides is 1. The summed E-state index contributed by atoms with van der Waals surface area (Å²) >= 11 is 1.28. The second-order valence-electron chi connectivity index (χ2n) is 4.38. The standard InChI is InChI=1S/C16H13FN2OS/c1-11-6-7-13(17)14(10-11)19-16(20)12-4-2-3-5-15(12)21-9-8-18/h2-7,10H,9H2,1H3,(H,19,20). The summed E-state index contributed by atoms with van der Waals surface area (Å²) in [6.07, 6.45) is 0. The Kier molecular flexibility index (Phi) is 4.96. The van der Waals surface area contributed by atoms with Crippen LogP contribution in [0.2, 0.25) is 0 Å². The van der Waals surface area contributed by atoms with E-state index in [9.17, 15) is 9.18 Å². The number of aryl methyl sites for hydroxylation is 1. The van der Waals surface area contributed by atoms with Gasteiger partial charge in [-0.15, -0.1) is 11.8 Å². The molecule has 5 heteroatoms. The first kappa shape index (κ1) is 15.1. The zero-order valence-corrected chi connectivity index (χ0v) is 12.2. The van der Waals surface area contributed by atoms with Crippen LogP contribution in [0.5, 0.6) is 0 Å². The zero-order valence-electron chi connectivity index (χ0n) is 11.4. The number of anilines is 1. The van der Waals surface area contributed by atoms with Crippen LogP contribution in [-0.2, 0) is 0 Å². The Morgan fingerprint density at radius 1 is 1.33 bits per heavy atom. The van der Waals surface area contributed by atoms with Gasteiger partial charge >= 0.3 is 0 Å². The van der Waals surface area contributed by atoms with Crippen LogP contribution in [0, 0.1) is 24.1 Å². The van der Waals surface area contributed by atoms with Gasteiger partial charge in [-0.1, -0.05) is 18.2 Å². The molecule has 0 radical (unpaired) electrons. The Hall–Kier alpha value is -2.32. The molecular formula is C16H13FN2OS. The summed E-state index contributed by atoms with van der Waals surface area (Å²) in [7, 11) is 0. The van der Waals surface area contributed by atoms with Crippen molar-refractivity contribution in [3.63, 3.8) is 0 Å². The second-order valence-corrected chi connectivity index (χ2v) is 5.40. The molecule has 2 aromatic rings. The highest BCUT2D eigenvalue weighted by molar-refractivity contribution is 7.99. The first-order chi connectivity index (χ1) is 10.1. The van der Waals surface area contributed by atoms with Gasteiger partial charge in [-0.05, 0) is 36.8 Å². The van der Waals surface area contributed by atoms with E-state index in [0.717, 1.165) is 5.56 Å². The van der Waals surface area contributed by atoms with Gasteiger partial charge in [-0.3, -0.25) is 4.79 Å². The quantitative estimate of drug-likeness (QED) is 0.868. The molecule has 2 rings (SSSR count). The second kappa shape index (κ2) is 6.91. The van der Waals surface area contributed by atoms with Crippen LogP contribution in [0.3, 0.4) is 0 Å². The van der Waals surface area contributed by atoms with Gasteiger partial charge in [0, 0.05) is 4.90 Å². The topological polar surface area (TPSA) is 52.9 Å². The summed E-state index contributed by atoms with van der Waals surface area (Å²) in [5.41, 5.74) is 1.44. The number of hydrogen-bond acceptors (Lipinski definition) is 3. The number of nitrogens with zero attached hydrogens (tertiary/aromatic N) is 1. The van der Waals surface area contributed by atoms with Crippen molar-refractivity contribution in [2.45, 2.75) is 11.8 Å². The average Bonchev–Trinajstić information content (AvgIpc) is 2.49. The third-order valence-electron chi connectivity index (χ3n) is 2.79. The number of benzene rings is 2. The minimum absolute atomic E-state index is 0.153. The van der Waals surface area contributed by atoms with E-state index in [-0.39, 0.29) is 17.3 Å². The lowest BCUT2D eigenvalue weighted by atomic mass is 10.2.